The minimum atomic E-state index is -4.91. The first kappa shape index (κ1) is 16.5. The summed E-state index contributed by atoms with van der Waals surface area (Å²) in [5.74, 6) is -2.07. The number of alkyl halides is 3. The van der Waals surface area contributed by atoms with Gasteiger partial charge in [-0.25, -0.2) is 4.98 Å². The molecule has 0 saturated heterocycles. The fourth-order valence-corrected chi connectivity index (χ4v) is 1.88. The summed E-state index contributed by atoms with van der Waals surface area (Å²) in [7, 11) is 0. The monoisotopic (exact) mass is 334 g/mol. The van der Waals surface area contributed by atoms with E-state index in [0.29, 0.717) is 6.07 Å². The van der Waals surface area contributed by atoms with Crippen LogP contribution in [-0.2, 0) is 6.18 Å². The number of halogens is 3. The second kappa shape index (κ2) is 5.37. The Balaban J connectivity index is 2.91. The standard InChI is InChI=1S/C11H9F3N4O5/c1-4(2)23-9-6(18(21)22)3-5(17(19)20)7-8(9)16-10(15-7)11(12,13)14/h3-4H,1-2H3,(H,15,16). The Kier molecular flexibility index (Phi) is 3.84. The van der Waals surface area contributed by atoms with Crippen molar-refractivity contribution in [2.45, 2.75) is 26.1 Å². The van der Waals surface area contributed by atoms with Crippen LogP contribution in [0.3, 0.4) is 0 Å². The Morgan fingerprint density at radius 2 is 1.78 bits per heavy atom. The molecular formula is C11H9F3N4O5. The summed E-state index contributed by atoms with van der Waals surface area (Å²) in [6, 6.07) is 0.540. The van der Waals surface area contributed by atoms with E-state index in [9.17, 15) is 33.4 Å². The molecule has 0 aliphatic rings. The molecule has 2 rings (SSSR count). The van der Waals surface area contributed by atoms with Crippen molar-refractivity contribution in [1.29, 1.82) is 0 Å². The molecule has 1 aromatic heterocycles. The third-order valence-corrected chi connectivity index (χ3v) is 2.70. The Labute approximate surface area is 125 Å². The summed E-state index contributed by atoms with van der Waals surface area (Å²) < 4.78 is 43.5. The highest BCUT2D eigenvalue weighted by Gasteiger charge is 2.38. The third-order valence-electron chi connectivity index (χ3n) is 2.70. The summed E-state index contributed by atoms with van der Waals surface area (Å²) in [6.07, 6.45) is -5.53. The molecule has 23 heavy (non-hydrogen) atoms. The predicted octanol–water partition coefficient (Wildman–Crippen LogP) is 3.19. The van der Waals surface area contributed by atoms with E-state index in [4.69, 9.17) is 4.74 Å². The number of fused-ring (bicyclic) bond motifs is 1. The van der Waals surface area contributed by atoms with Crippen LogP contribution in [0.15, 0.2) is 6.07 Å². The maximum absolute atomic E-state index is 12.8. The molecule has 1 heterocycles. The number of nitro groups is 2. The van der Waals surface area contributed by atoms with Crippen molar-refractivity contribution in [1.82, 2.24) is 9.97 Å². The van der Waals surface area contributed by atoms with Gasteiger partial charge in [0.15, 0.2) is 0 Å². The number of rotatable bonds is 4. The molecule has 2 aromatic rings. The lowest BCUT2D eigenvalue weighted by molar-refractivity contribution is -0.393. The van der Waals surface area contributed by atoms with Crippen LogP contribution >= 0.6 is 0 Å². The lowest BCUT2D eigenvalue weighted by Crippen LogP contribution is -2.09. The Hall–Kier alpha value is -2.92. The predicted molar refractivity (Wildman–Crippen MR) is 70.2 cm³/mol. The Morgan fingerprint density at radius 1 is 1.22 bits per heavy atom. The van der Waals surface area contributed by atoms with Crippen LogP contribution in [0.25, 0.3) is 11.0 Å². The van der Waals surface area contributed by atoms with Crippen molar-refractivity contribution in [3.63, 3.8) is 0 Å². The topological polar surface area (TPSA) is 124 Å². The molecule has 0 amide bonds. The van der Waals surface area contributed by atoms with Crippen LogP contribution in [0.1, 0.15) is 19.7 Å². The molecule has 0 saturated carbocycles. The van der Waals surface area contributed by atoms with Gasteiger partial charge in [0, 0.05) is 0 Å². The number of nitrogens with zero attached hydrogens (tertiary/aromatic N) is 3. The highest BCUT2D eigenvalue weighted by atomic mass is 19.4. The van der Waals surface area contributed by atoms with Gasteiger partial charge in [-0.15, -0.1) is 0 Å². The maximum atomic E-state index is 12.8. The van der Waals surface area contributed by atoms with Gasteiger partial charge in [-0.3, -0.25) is 20.2 Å². The van der Waals surface area contributed by atoms with E-state index in [2.05, 4.69) is 4.98 Å². The molecule has 1 N–H and O–H groups in total. The van der Waals surface area contributed by atoms with Crippen molar-refractivity contribution in [2.24, 2.45) is 0 Å². The van der Waals surface area contributed by atoms with Crippen molar-refractivity contribution in [3.05, 3.63) is 32.1 Å². The van der Waals surface area contributed by atoms with Gasteiger partial charge in [0.05, 0.1) is 16.0 Å². The number of aromatic amines is 1. The number of nitro benzene ring substituents is 2. The maximum Gasteiger partial charge on any atom is 0.449 e. The van der Waals surface area contributed by atoms with Gasteiger partial charge in [0.25, 0.3) is 0 Å². The van der Waals surface area contributed by atoms with E-state index in [-0.39, 0.29) is 0 Å². The number of non-ortho nitro benzene ring substituents is 1. The van der Waals surface area contributed by atoms with Crippen LogP contribution in [0, 0.1) is 20.2 Å². The van der Waals surface area contributed by atoms with Gasteiger partial charge < -0.3 is 9.72 Å². The first-order valence-electron chi connectivity index (χ1n) is 6.11. The van der Waals surface area contributed by atoms with Crippen LogP contribution in [0.2, 0.25) is 0 Å². The summed E-state index contributed by atoms with van der Waals surface area (Å²) in [6.45, 7) is 2.99. The zero-order valence-electron chi connectivity index (χ0n) is 11.7. The van der Waals surface area contributed by atoms with Crippen molar-refractivity contribution in [2.75, 3.05) is 0 Å². The fraction of sp³-hybridized carbons (Fsp3) is 0.364. The van der Waals surface area contributed by atoms with E-state index < -0.39 is 56.1 Å². The van der Waals surface area contributed by atoms with Gasteiger partial charge in [-0.2, -0.15) is 13.2 Å². The highest BCUT2D eigenvalue weighted by Crippen LogP contribution is 2.42. The van der Waals surface area contributed by atoms with Crippen LogP contribution in [0.5, 0.6) is 5.75 Å². The summed E-state index contributed by atoms with van der Waals surface area (Å²) in [5.41, 5.74) is -2.94. The molecule has 1 aromatic carbocycles. The van der Waals surface area contributed by atoms with E-state index >= 15 is 0 Å². The fourth-order valence-electron chi connectivity index (χ4n) is 1.88. The summed E-state index contributed by atoms with van der Waals surface area (Å²) in [5, 5.41) is 22.1. The lowest BCUT2D eigenvalue weighted by Gasteiger charge is -2.10. The van der Waals surface area contributed by atoms with Crippen molar-refractivity contribution in [3.8, 4) is 5.75 Å². The molecule has 12 heteroatoms. The molecule has 0 atom stereocenters. The van der Waals surface area contributed by atoms with Gasteiger partial charge in [0.2, 0.25) is 11.6 Å². The second-order valence-electron chi connectivity index (χ2n) is 4.73. The number of benzene rings is 1. The van der Waals surface area contributed by atoms with E-state index in [1.54, 1.807) is 4.98 Å². The molecule has 0 unspecified atom stereocenters. The van der Waals surface area contributed by atoms with Crippen LogP contribution < -0.4 is 4.74 Å². The molecule has 0 aliphatic carbocycles. The number of imidazole rings is 1. The molecule has 0 bridgehead atoms. The van der Waals surface area contributed by atoms with Crippen LogP contribution in [-0.4, -0.2) is 25.9 Å². The first-order chi connectivity index (χ1) is 10.5. The molecule has 124 valence electrons. The van der Waals surface area contributed by atoms with E-state index in [1.165, 1.54) is 13.8 Å². The average molecular weight is 334 g/mol. The SMILES string of the molecule is CC(C)Oc1c([N+](=O)[O-])cc([N+](=O)[O-])c2[nH]c(C(F)(F)F)nc12. The molecule has 0 fully saturated rings. The highest BCUT2D eigenvalue weighted by molar-refractivity contribution is 5.93. The third kappa shape index (κ3) is 3.00. The van der Waals surface area contributed by atoms with Crippen LogP contribution in [0.4, 0.5) is 24.5 Å². The van der Waals surface area contributed by atoms with Crippen molar-refractivity contribution < 1.29 is 27.8 Å². The molecular weight excluding hydrogens is 325 g/mol. The Bertz CT molecular complexity index is 799. The number of aromatic nitrogens is 2. The molecule has 0 radical (unpaired) electrons. The quantitative estimate of drug-likeness (QED) is 0.676. The number of H-pyrrole nitrogens is 1. The number of hydrogen-bond acceptors (Lipinski definition) is 6. The molecule has 0 aliphatic heterocycles. The van der Waals surface area contributed by atoms with E-state index in [1.807, 2.05) is 0 Å². The zero-order chi connectivity index (χ0) is 17.5. The summed E-state index contributed by atoms with van der Waals surface area (Å²) in [4.78, 5) is 25.0. The van der Waals surface area contributed by atoms with E-state index in [0.717, 1.165) is 0 Å². The van der Waals surface area contributed by atoms with Crippen molar-refractivity contribution >= 4 is 22.4 Å². The average Bonchev–Trinajstić information content (AvgIpc) is 2.82. The van der Waals surface area contributed by atoms with Gasteiger partial charge in [0.1, 0.15) is 17.1 Å². The van der Waals surface area contributed by atoms with Gasteiger partial charge in [-0.05, 0) is 13.8 Å². The number of ether oxygens (including phenoxy) is 1. The van der Waals surface area contributed by atoms with Gasteiger partial charge in [-0.1, -0.05) is 0 Å². The number of nitrogens with one attached hydrogen (secondary N) is 1. The lowest BCUT2D eigenvalue weighted by atomic mass is 10.2. The first-order valence-corrected chi connectivity index (χ1v) is 6.11. The zero-order valence-corrected chi connectivity index (χ0v) is 11.7. The normalized spacial score (nSPS) is 11.9. The largest absolute Gasteiger partial charge is 0.483 e. The minimum Gasteiger partial charge on any atom is -0.483 e. The molecule has 0 spiro atoms. The van der Waals surface area contributed by atoms with Gasteiger partial charge >= 0.3 is 17.6 Å². The molecule has 9 nitrogen and oxygen atoms in total. The minimum absolute atomic E-state index is 0.540. The number of hydrogen-bond donors (Lipinski definition) is 1. The second-order valence-corrected chi connectivity index (χ2v) is 4.73. The Morgan fingerprint density at radius 3 is 2.22 bits per heavy atom. The summed E-state index contributed by atoms with van der Waals surface area (Å²) >= 11 is 0. The smallest absolute Gasteiger partial charge is 0.449 e.